The van der Waals surface area contributed by atoms with Gasteiger partial charge in [0, 0.05) is 18.1 Å². The summed E-state index contributed by atoms with van der Waals surface area (Å²) in [5.41, 5.74) is 8.64. The van der Waals surface area contributed by atoms with E-state index in [4.69, 9.17) is 5.73 Å². The van der Waals surface area contributed by atoms with Crippen LogP contribution in [0.2, 0.25) is 0 Å². The summed E-state index contributed by atoms with van der Waals surface area (Å²) in [6.07, 6.45) is 1.62. The summed E-state index contributed by atoms with van der Waals surface area (Å²) in [6.45, 7) is 0.402. The van der Waals surface area contributed by atoms with Gasteiger partial charge in [0.05, 0.1) is 0 Å². The summed E-state index contributed by atoms with van der Waals surface area (Å²) in [5.74, 6) is 0. The predicted molar refractivity (Wildman–Crippen MR) is 58.3 cm³/mol. The highest BCUT2D eigenvalue weighted by Gasteiger charge is 2.10. The third-order valence-corrected chi connectivity index (χ3v) is 2.45. The number of rotatable bonds is 1. The molecular formula is C10H8N6. The van der Waals surface area contributed by atoms with Crippen LogP contribution in [0.1, 0.15) is 5.56 Å². The number of nitrogens with zero attached hydrogens (tertiary/aromatic N) is 5. The Morgan fingerprint density at radius 2 is 1.94 bits per heavy atom. The molecule has 0 aliphatic rings. The lowest BCUT2D eigenvalue weighted by Gasteiger charge is -1.98. The monoisotopic (exact) mass is 212 g/mol. The second kappa shape index (κ2) is 3.42. The van der Waals surface area contributed by atoms with E-state index in [9.17, 15) is 0 Å². The molecule has 78 valence electrons. The lowest BCUT2D eigenvalue weighted by molar-refractivity contribution is 0.954. The fourth-order valence-electron chi connectivity index (χ4n) is 1.71. The van der Waals surface area contributed by atoms with Crippen LogP contribution in [0.15, 0.2) is 24.4 Å². The van der Waals surface area contributed by atoms with Gasteiger partial charge in [0.15, 0.2) is 0 Å². The molecule has 2 heterocycles. The van der Waals surface area contributed by atoms with E-state index in [0.29, 0.717) is 23.1 Å². The third-order valence-electron chi connectivity index (χ3n) is 2.45. The van der Waals surface area contributed by atoms with Crippen LogP contribution in [0.25, 0.3) is 21.9 Å². The van der Waals surface area contributed by atoms with Gasteiger partial charge in [-0.1, -0.05) is 6.07 Å². The molecule has 0 saturated heterocycles. The molecule has 0 aliphatic carbocycles. The molecule has 1 aromatic carbocycles. The van der Waals surface area contributed by atoms with Gasteiger partial charge in [0.1, 0.15) is 16.6 Å². The largest absolute Gasteiger partial charge is 0.326 e. The molecule has 16 heavy (non-hydrogen) atoms. The van der Waals surface area contributed by atoms with Crippen molar-refractivity contribution in [1.29, 1.82) is 0 Å². The topological polar surface area (TPSA) is 90.5 Å². The smallest absolute Gasteiger partial charge is 0.143 e. The second-order valence-electron chi connectivity index (χ2n) is 3.39. The van der Waals surface area contributed by atoms with Crippen LogP contribution in [-0.4, -0.2) is 25.6 Å². The van der Waals surface area contributed by atoms with E-state index in [1.54, 1.807) is 6.20 Å². The van der Waals surface area contributed by atoms with Gasteiger partial charge in [-0.15, -0.1) is 15.3 Å². The first-order valence-corrected chi connectivity index (χ1v) is 4.82. The summed E-state index contributed by atoms with van der Waals surface area (Å²) in [7, 11) is 0. The van der Waals surface area contributed by atoms with Gasteiger partial charge in [-0.25, -0.2) is 0 Å². The van der Waals surface area contributed by atoms with Crippen molar-refractivity contribution in [3.05, 3.63) is 30.0 Å². The van der Waals surface area contributed by atoms with Crippen LogP contribution >= 0.6 is 0 Å². The first-order chi connectivity index (χ1) is 7.90. The number of aromatic nitrogens is 5. The predicted octanol–water partition coefficient (Wildman–Crippen LogP) is 0.427. The lowest BCUT2D eigenvalue weighted by Crippen LogP contribution is -1.97. The Labute approximate surface area is 90.5 Å². The Morgan fingerprint density at radius 3 is 2.81 bits per heavy atom. The first kappa shape index (κ1) is 9.05. The maximum atomic E-state index is 5.67. The summed E-state index contributed by atoms with van der Waals surface area (Å²) in [5, 5.41) is 20.5. The SMILES string of the molecule is NCc1cc2cccnnc2c2nnnc12. The van der Waals surface area contributed by atoms with Gasteiger partial charge in [0.25, 0.3) is 0 Å². The molecule has 0 amide bonds. The second-order valence-corrected chi connectivity index (χ2v) is 3.39. The minimum Gasteiger partial charge on any atom is -0.326 e. The lowest BCUT2D eigenvalue weighted by atomic mass is 10.1. The molecule has 0 spiro atoms. The molecule has 0 bridgehead atoms. The average Bonchev–Trinajstić information content (AvgIpc) is 2.67. The number of hydrogen-bond acceptors (Lipinski definition) is 6. The van der Waals surface area contributed by atoms with Gasteiger partial charge < -0.3 is 5.73 Å². The van der Waals surface area contributed by atoms with Crippen molar-refractivity contribution < 1.29 is 0 Å². The minimum absolute atomic E-state index is 0.402. The van der Waals surface area contributed by atoms with Gasteiger partial charge in [0.2, 0.25) is 0 Å². The summed E-state index contributed by atoms with van der Waals surface area (Å²) < 4.78 is 0. The minimum atomic E-state index is 0.402. The van der Waals surface area contributed by atoms with Crippen molar-refractivity contribution in [3.63, 3.8) is 0 Å². The highest BCUT2D eigenvalue weighted by molar-refractivity contribution is 6.02. The fraction of sp³-hybridized carbons (Fsp3) is 0.100. The Hall–Kier alpha value is -2.21. The van der Waals surface area contributed by atoms with E-state index in [1.165, 1.54) is 0 Å². The first-order valence-electron chi connectivity index (χ1n) is 4.82. The van der Waals surface area contributed by atoms with E-state index in [0.717, 1.165) is 10.9 Å². The zero-order valence-corrected chi connectivity index (χ0v) is 8.33. The molecule has 3 rings (SSSR count). The van der Waals surface area contributed by atoms with E-state index < -0.39 is 0 Å². The zero-order valence-electron chi connectivity index (χ0n) is 8.33. The maximum Gasteiger partial charge on any atom is 0.143 e. The van der Waals surface area contributed by atoms with Crippen LogP contribution in [0.3, 0.4) is 0 Å². The molecule has 2 aromatic heterocycles. The Kier molecular flexibility index (Phi) is 1.94. The summed E-state index contributed by atoms with van der Waals surface area (Å²) in [6, 6.07) is 5.69. The molecular weight excluding hydrogens is 204 g/mol. The molecule has 2 N–H and O–H groups in total. The van der Waals surface area contributed by atoms with Gasteiger partial charge in [-0.05, 0) is 22.9 Å². The molecule has 6 heteroatoms. The molecule has 3 aromatic rings. The fourth-order valence-corrected chi connectivity index (χ4v) is 1.71. The van der Waals surface area contributed by atoms with Crippen LogP contribution < -0.4 is 5.73 Å². The van der Waals surface area contributed by atoms with E-state index in [2.05, 4.69) is 25.6 Å². The normalized spacial score (nSPS) is 11.1. The van der Waals surface area contributed by atoms with Crippen molar-refractivity contribution in [2.45, 2.75) is 6.54 Å². The van der Waals surface area contributed by atoms with Crippen LogP contribution in [-0.2, 0) is 6.54 Å². The van der Waals surface area contributed by atoms with Crippen molar-refractivity contribution in [2.24, 2.45) is 5.73 Å². The summed E-state index contributed by atoms with van der Waals surface area (Å²) in [4.78, 5) is 0. The number of hydrogen-bond donors (Lipinski definition) is 1. The van der Waals surface area contributed by atoms with E-state index in [1.807, 2.05) is 18.2 Å². The quantitative estimate of drug-likeness (QED) is 0.628. The number of nitrogens with two attached hydrogens (primary N) is 1. The zero-order chi connectivity index (χ0) is 11.0. The van der Waals surface area contributed by atoms with Crippen molar-refractivity contribution >= 4 is 21.9 Å². The van der Waals surface area contributed by atoms with Crippen LogP contribution in [0.4, 0.5) is 0 Å². The molecule has 0 radical (unpaired) electrons. The van der Waals surface area contributed by atoms with E-state index >= 15 is 0 Å². The highest BCUT2D eigenvalue weighted by Crippen LogP contribution is 2.22. The van der Waals surface area contributed by atoms with Gasteiger partial charge in [-0.2, -0.15) is 5.10 Å². The molecule has 0 saturated carbocycles. The molecule has 0 atom stereocenters. The van der Waals surface area contributed by atoms with Crippen molar-refractivity contribution in [2.75, 3.05) is 0 Å². The molecule has 0 unspecified atom stereocenters. The molecule has 0 aliphatic heterocycles. The highest BCUT2D eigenvalue weighted by atomic mass is 15.3. The Balaban J connectivity index is 2.58. The number of benzene rings is 1. The standard InChI is InChI=1S/C10H8N6/c11-5-7-4-6-2-1-3-12-13-8(6)10-9(7)14-16-15-10/h1-4H,5,11H2. The Morgan fingerprint density at radius 1 is 1.06 bits per heavy atom. The molecule has 6 nitrogen and oxygen atoms in total. The summed E-state index contributed by atoms with van der Waals surface area (Å²) >= 11 is 0. The molecule has 0 fully saturated rings. The number of fused-ring (bicyclic) bond motifs is 3. The van der Waals surface area contributed by atoms with Crippen LogP contribution in [0.5, 0.6) is 0 Å². The van der Waals surface area contributed by atoms with Gasteiger partial charge >= 0.3 is 0 Å². The van der Waals surface area contributed by atoms with Gasteiger partial charge in [-0.3, -0.25) is 0 Å². The average molecular weight is 212 g/mol. The van der Waals surface area contributed by atoms with E-state index in [-0.39, 0.29) is 0 Å². The van der Waals surface area contributed by atoms with Crippen molar-refractivity contribution in [3.8, 4) is 0 Å². The third kappa shape index (κ3) is 1.20. The Bertz CT molecular complexity index is 666. The van der Waals surface area contributed by atoms with Crippen LogP contribution in [0, 0.1) is 0 Å². The maximum absolute atomic E-state index is 5.67. The van der Waals surface area contributed by atoms with Crippen molar-refractivity contribution in [1.82, 2.24) is 25.6 Å².